The minimum Gasteiger partial charge on any atom is -0.353 e. The molecule has 0 spiro atoms. The van der Waals surface area contributed by atoms with Crippen LogP contribution in [-0.2, 0) is 0 Å². The third-order valence-corrected chi connectivity index (χ3v) is 4.13. The third-order valence-electron chi connectivity index (χ3n) is 4.13. The normalized spacial score (nSPS) is 24.9. The fourth-order valence-corrected chi connectivity index (χ4v) is 2.90. The molecule has 1 aromatic carbocycles. The predicted octanol–water partition coefficient (Wildman–Crippen LogP) is 1.55. The molecule has 1 aromatic heterocycles. The van der Waals surface area contributed by atoms with Crippen molar-refractivity contribution in [2.24, 2.45) is 5.92 Å². The zero-order chi connectivity index (χ0) is 12.7. The lowest BCUT2D eigenvalue weighted by Crippen LogP contribution is -2.51. The molecule has 0 aliphatic carbocycles. The molecule has 2 aromatic rings. The Morgan fingerprint density at radius 2 is 1.89 bits per heavy atom. The summed E-state index contributed by atoms with van der Waals surface area (Å²) in [5.41, 5.74) is 2.05. The van der Waals surface area contributed by atoms with Crippen LogP contribution in [0.2, 0.25) is 0 Å². The van der Waals surface area contributed by atoms with Crippen molar-refractivity contribution in [2.75, 3.05) is 24.5 Å². The van der Waals surface area contributed by atoms with Crippen molar-refractivity contribution in [3.05, 3.63) is 42.5 Å². The number of rotatable bonds is 2. The molecule has 4 heteroatoms. The Labute approximate surface area is 112 Å². The van der Waals surface area contributed by atoms with Crippen LogP contribution in [-0.4, -0.2) is 35.9 Å². The first kappa shape index (κ1) is 10.9. The summed E-state index contributed by atoms with van der Waals surface area (Å²) in [6.07, 6.45) is 0. The summed E-state index contributed by atoms with van der Waals surface area (Å²) < 4.78 is 0. The topological polar surface area (TPSA) is 41.0 Å². The average molecular weight is 252 g/mol. The number of anilines is 1. The predicted molar refractivity (Wildman–Crippen MR) is 75.0 cm³/mol. The van der Waals surface area contributed by atoms with Crippen molar-refractivity contribution < 1.29 is 0 Å². The van der Waals surface area contributed by atoms with Crippen molar-refractivity contribution in [1.82, 2.24) is 15.5 Å². The second-order valence-corrected chi connectivity index (χ2v) is 5.32. The monoisotopic (exact) mass is 252 g/mol. The number of fused-ring (bicyclic) bond motifs is 1. The van der Waals surface area contributed by atoms with Crippen molar-refractivity contribution in [2.45, 2.75) is 6.04 Å². The van der Waals surface area contributed by atoms with Gasteiger partial charge in [-0.1, -0.05) is 30.3 Å². The van der Waals surface area contributed by atoms with E-state index in [4.69, 9.17) is 0 Å². The second kappa shape index (κ2) is 4.31. The first-order valence-electron chi connectivity index (χ1n) is 6.77. The number of benzene rings is 1. The maximum atomic E-state index is 4.38. The lowest BCUT2D eigenvalue weighted by molar-refractivity contribution is 0.297. The van der Waals surface area contributed by atoms with Gasteiger partial charge in [-0.3, -0.25) is 0 Å². The van der Waals surface area contributed by atoms with Gasteiger partial charge in [0.1, 0.15) is 0 Å². The van der Waals surface area contributed by atoms with Gasteiger partial charge in [-0.25, -0.2) is 0 Å². The highest BCUT2D eigenvalue weighted by Gasteiger charge is 2.39. The van der Waals surface area contributed by atoms with Crippen LogP contribution in [0, 0.1) is 5.92 Å². The molecule has 3 heterocycles. The number of nitrogens with zero attached hydrogens (tertiary/aromatic N) is 3. The Kier molecular flexibility index (Phi) is 2.48. The molecular weight excluding hydrogens is 236 g/mol. The molecule has 0 amide bonds. The maximum Gasteiger partial charge on any atom is 0.151 e. The van der Waals surface area contributed by atoms with E-state index in [1.54, 1.807) is 0 Å². The summed E-state index contributed by atoms with van der Waals surface area (Å²) >= 11 is 0. The summed E-state index contributed by atoms with van der Waals surface area (Å²) in [4.78, 5) is 2.33. The van der Waals surface area contributed by atoms with E-state index >= 15 is 0 Å². The summed E-state index contributed by atoms with van der Waals surface area (Å²) in [5, 5.41) is 12.2. The highest BCUT2D eigenvalue weighted by atomic mass is 15.3. The summed E-state index contributed by atoms with van der Waals surface area (Å²) in [6, 6.07) is 15.0. The van der Waals surface area contributed by atoms with E-state index in [2.05, 4.69) is 44.7 Å². The van der Waals surface area contributed by atoms with E-state index < -0.39 is 0 Å². The summed E-state index contributed by atoms with van der Waals surface area (Å²) in [5.74, 6) is 1.80. The number of nitrogens with one attached hydrogen (secondary N) is 1. The minimum absolute atomic E-state index is 0.663. The molecular formula is C15H16N4. The molecule has 2 atom stereocenters. The summed E-state index contributed by atoms with van der Waals surface area (Å²) in [7, 11) is 0. The minimum atomic E-state index is 0.663. The highest BCUT2D eigenvalue weighted by Crippen LogP contribution is 2.27. The van der Waals surface area contributed by atoms with Crippen molar-refractivity contribution in [3.8, 4) is 11.3 Å². The first-order chi connectivity index (χ1) is 9.40. The van der Waals surface area contributed by atoms with Gasteiger partial charge in [-0.05, 0) is 12.1 Å². The zero-order valence-electron chi connectivity index (χ0n) is 10.7. The molecule has 0 saturated carbocycles. The Morgan fingerprint density at radius 1 is 1.00 bits per heavy atom. The van der Waals surface area contributed by atoms with Crippen molar-refractivity contribution in [1.29, 1.82) is 0 Å². The third kappa shape index (κ3) is 1.88. The molecule has 2 aliphatic rings. The molecule has 19 heavy (non-hydrogen) atoms. The van der Waals surface area contributed by atoms with E-state index in [0.29, 0.717) is 6.04 Å². The van der Waals surface area contributed by atoms with Crippen LogP contribution in [0.5, 0.6) is 0 Å². The van der Waals surface area contributed by atoms with Crippen LogP contribution >= 0.6 is 0 Å². The number of aromatic nitrogens is 2. The number of hydrogen-bond acceptors (Lipinski definition) is 4. The van der Waals surface area contributed by atoms with Gasteiger partial charge < -0.3 is 10.2 Å². The average Bonchev–Trinajstić information content (AvgIpc) is 2.76. The summed E-state index contributed by atoms with van der Waals surface area (Å²) in [6.45, 7) is 3.32. The zero-order valence-corrected chi connectivity index (χ0v) is 10.7. The molecule has 0 radical (unpaired) electrons. The van der Waals surface area contributed by atoms with Crippen LogP contribution in [0.4, 0.5) is 5.82 Å². The van der Waals surface area contributed by atoms with Crippen LogP contribution in [0.3, 0.4) is 0 Å². The lowest BCUT2D eigenvalue weighted by atomic mass is 9.96. The van der Waals surface area contributed by atoms with E-state index in [1.807, 2.05) is 18.2 Å². The largest absolute Gasteiger partial charge is 0.353 e. The van der Waals surface area contributed by atoms with Crippen LogP contribution in [0.15, 0.2) is 42.5 Å². The van der Waals surface area contributed by atoms with Crippen LogP contribution in [0.1, 0.15) is 0 Å². The van der Waals surface area contributed by atoms with Gasteiger partial charge in [-0.2, -0.15) is 0 Å². The van der Waals surface area contributed by atoms with E-state index in [9.17, 15) is 0 Å². The van der Waals surface area contributed by atoms with Gasteiger partial charge in [0.2, 0.25) is 0 Å². The first-order valence-corrected chi connectivity index (χ1v) is 6.77. The molecule has 2 aliphatic heterocycles. The van der Waals surface area contributed by atoms with Gasteiger partial charge in [0.15, 0.2) is 5.82 Å². The number of hydrogen-bond donors (Lipinski definition) is 1. The van der Waals surface area contributed by atoms with E-state index in [0.717, 1.165) is 42.6 Å². The van der Waals surface area contributed by atoms with E-state index in [-0.39, 0.29) is 0 Å². The van der Waals surface area contributed by atoms with Gasteiger partial charge in [-0.15, -0.1) is 10.2 Å². The Morgan fingerprint density at radius 3 is 2.47 bits per heavy atom. The molecule has 2 saturated heterocycles. The van der Waals surface area contributed by atoms with Crippen molar-refractivity contribution in [3.63, 3.8) is 0 Å². The van der Waals surface area contributed by atoms with Gasteiger partial charge >= 0.3 is 0 Å². The van der Waals surface area contributed by atoms with Crippen LogP contribution in [0.25, 0.3) is 11.3 Å². The van der Waals surface area contributed by atoms with E-state index in [1.165, 1.54) is 0 Å². The van der Waals surface area contributed by atoms with Crippen LogP contribution < -0.4 is 10.2 Å². The SMILES string of the molecule is c1ccc(-c2ccc(N3C[C@@H]4CN[C@@H]4C3)nn2)cc1. The fourth-order valence-electron chi connectivity index (χ4n) is 2.90. The molecule has 0 unspecified atom stereocenters. The Balaban J connectivity index is 1.56. The molecule has 4 nitrogen and oxygen atoms in total. The molecule has 0 bridgehead atoms. The molecule has 1 N–H and O–H groups in total. The maximum absolute atomic E-state index is 4.38. The van der Waals surface area contributed by atoms with Gasteiger partial charge in [0.05, 0.1) is 5.69 Å². The quantitative estimate of drug-likeness (QED) is 0.880. The second-order valence-electron chi connectivity index (χ2n) is 5.32. The van der Waals surface area contributed by atoms with Crippen molar-refractivity contribution >= 4 is 5.82 Å². The molecule has 2 fully saturated rings. The Bertz CT molecular complexity index is 554. The standard InChI is InChI=1S/C15H16N4/c1-2-4-11(5-3-1)13-6-7-15(18-17-13)19-9-12-8-16-14(12)10-19/h1-7,12,14,16H,8-10H2/t12-,14+/m0/s1. The fraction of sp³-hybridized carbons (Fsp3) is 0.333. The smallest absolute Gasteiger partial charge is 0.151 e. The van der Waals surface area contributed by atoms with Gasteiger partial charge in [0, 0.05) is 37.2 Å². The molecule has 96 valence electrons. The van der Waals surface area contributed by atoms with Gasteiger partial charge in [0.25, 0.3) is 0 Å². The lowest BCUT2D eigenvalue weighted by Gasteiger charge is -2.29. The highest BCUT2D eigenvalue weighted by molar-refractivity contribution is 5.59. The Hall–Kier alpha value is -1.94. The molecule has 4 rings (SSSR count).